The van der Waals surface area contributed by atoms with Gasteiger partial charge < -0.3 is 5.73 Å². The Labute approximate surface area is 64.0 Å². The number of anilines is 1. The number of aryl methyl sites for hydroxylation is 1. The van der Waals surface area contributed by atoms with Crippen LogP contribution in [0.2, 0.25) is 0 Å². The van der Waals surface area contributed by atoms with Crippen molar-refractivity contribution >= 4 is 17.6 Å². The van der Waals surface area contributed by atoms with Gasteiger partial charge in [-0.25, -0.2) is 4.98 Å². The quantitative estimate of drug-likeness (QED) is 0.592. The molecule has 0 bridgehead atoms. The second-order valence-corrected chi connectivity index (χ2v) is 2.65. The van der Waals surface area contributed by atoms with Crippen LogP contribution in [0.3, 0.4) is 0 Å². The van der Waals surface area contributed by atoms with Crippen molar-refractivity contribution in [1.82, 2.24) is 4.98 Å². The third kappa shape index (κ3) is 1.40. The minimum absolute atomic E-state index is 0.646. The van der Waals surface area contributed by atoms with E-state index >= 15 is 0 Å². The first kappa shape index (κ1) is 7.37. The minimum Gasteiger partial charge on any atom is -0.396 e. The molecule has 0 radical (unpaired) electrons. The summed E-state index contributed by atoms with van der Waals surface area (Å²) in [6.07, 6.45) is 1.74. The first-order valence-corrected chi connectivity index (χ1v) is 3.71. The molecule has 0 aliphatic rings. The summed E-state index contributed by atoms with van der Waals surface area (Å²) < 4.78 is 0. The Bertz CT molecular complexity index is 236. The van der Waals surface area contributed by atoms with E-state index in [1.54, 1.807) is 6.20 Å². The maximum atomic E-state index is 5.57. The van der Waals surface area contributed by atoms with E-state index in [0.717, 1.165) is 17.5 Å². The molecule has 0 fully saturated rings. The summed E-state index contributed by atoms with van der Waals surface area (Å²) in [6.45, 7) is 1.94. The van der Waals surface area contributed by atoms with Crippen molar-refractivity contribution in [2.45, 2.75) is 11.9 Å². The van der Waals surface area contributed by atoms with Gasteiger partial charge in [-0.3, -0.25) is 5.14 Å². The van der Waals surface area contributed by atoms with Crippen molar-refractivity contribution in [3.05, 3.63) is 17.8 Å². The van der Waals surface area contributed by atoms with E-state index in [9.17, 15) is 0 Å². The topological polar surface area (TPSA) is 64.9 Å². The molecule has 0 aliphatic carbocycles. The maximum Gasteiger partial charge on any atom is 0.134 e. The number of rotatable bonds is 1. The highest BCUT2D eigenvalue weighted by Crippen LogP contribution is 2.17. The molecular formula is C6H9N3S. The van der Waals surface area contributed by atoms with Gasteiger partial charge in [0, 0.05) is 6.20 Å². The Morgan fingerprint density at radius 2 is 2.30 bits per heavy atom. The second-order valence-electron chi connectivity index (χ2n) is 2.02. The van der Waals surface area contributed by atoms with Crippen LogP contribution >= 0.6 is 11.9 Å². The molecule has 0 aromatic carbocycles. The van der Waals surface area contributed by atoms with E-state index in [-0.39, 0.29) is 0 Å². The summed E-state index contributed by atoms with van der Waals surface area (Å²) in [6, 6.07) is 1.85. The number of nitrogens with two attached hydrogens (primary N) is 2. The van der Waals surface area contributed by atoms with Crippen LogP contribution in [0.4, 0.5) is 5.69 Å². The zero-order chi connectivity index (χ0) is 7.56. The Kier molecular flexibility index (Phi) is 2.13. The molecule has 1 rings (SSSR count). The van der Waals surface area contributed by atoms with E-state index in [4.69, 9.17) is 10.9 Å². The molecule has 0 saturated heterocycles. The van der Waals surface area contributed by atoms with Crippen LogP contribution in [0, 0.1) is 6.92 Å². The molecule has 10 heavy (non-hydrogen) atoms. The van der Waals surface area contributed by atoms with Crippen LogP contribution in [-0.4, -0.2) is 4.98 Å². The van der Waals surface area contributed by atoms with Crippen molar-refractivity contribution in [1.29, 1.82) is 0 Å². The van der Waals surface area contributed by atoms with E-state index in [2.05, 4.69) is 4.98 Å². The molecule has 1 aromatic heterocycles. The van der Waals surface area contributed by atoms with Gasteiger partial charge in [-0.2, -0.15) is 0 Å². The molecule has 4 N–H and O–H groups in total. The molecule has 0 aliphatic heterocycles. The average Bonchev–Trinajstić information content (AvgIpc) is 1.88. The largest absolute Gasteiger partial charge is 0.396 e. The van der Waals surface area contributed by atoms with Crippen LogP contribution in [0.15, 0.2) is 17.3 Å². The van der Waals surface area contributed by atoms with Crippen molar-refractivity contribution in [3.8, 4) is 0 Å². The lowest BCUT2D eigenvalue weighted by molar-refractivity contribution is 1.12. The molecule has 0 spiro atoms. The number of nitrogen functional groups attached to an aromatic ring is 1. The first-order chi connectivity index (χ1) is 4.74. The molecular weight excluding hydrogens is 146 g/mol. The lowest BCUT2D eigenvalue weighted by atomic mass is 10.3. The number of aromatic nitrogens is 1. The average molecular weight is 155 g/mol. The van der Waals surface area contributed by atoms with Gasteiger partial charge >= 0.3 is 0 Å². The standard InChI is InChI=1S/C6H9N3S/c1-4-2-5(7)6(10-8)9-3-4/h2-3H,7-8H2,1H3. The van der Waals surface area contributed by atoms with E-state index in [0.29, 0.717) is 10.7 Å². The van der Waals surface area contributed by atoms with E-state index < -0.39 is 0 Å². The molecule has 54 valence electrons. The van der Waals surface area contributed by atoms with Gasteiger partial charge in [0.2, 0.25) is 0 Å². The van der Waals surface area contributed by atoms with E-state index in [1.807, 2.05) is 13.0 Å². The number of hydrogen-bond acceptors (Lipinski definition) is 4. The lowest BCUT2D eigenvalue weighted by Gasteiger charge is -1.99. The van der Waals surface area contributed by atoms with Gasteiger partial charge in [-0.15, -0.1) is 0 Å². The summed E-state index contributed by atoms with van der Waals surface area (Å²) in [5, 5.41) is 5.96. The van der Waals surface area contributed by atoms with Crippen molar-refractivity contribution in [2.24, 2.45) is 5.14 Å². The Hall–Kier alpha value is -0.740. The molecule has 4 heteroatoms. The lowest BCUT2D eigenvalue weighted by Crippen LogP contribution is -1.94. The van der Waals surface area contributed by atoms with Gasteiger partial charge in [-0.1, -0.05) is 0 Å². The zero-order valence-electron chi connectivity index (χ0n) is 5.66. The predicted octanol–water partition coefficient (Wildman–Crippen LogP) is 0.938. The second kappa shape index (κ2) is 2.90. The third-order valence-electron chi connectivity index (χ3n) is 1.13. The normalized spacial score (nSPS) is 9.80. The zero-order valence-corrected chi connectivity index (χ0v) is 6.48. The van der Waals surface area contributed by atoms with Gasteiger partial charge in [-0.05, 0) is 30.5 Å². The minimum atomic E-state index is 0.646. The molecule has 0 atom stereocenters. The maximum absolute atomic E-state index is 5.57. The van der Waals surface area contributed by atoms with Gasteiger partial charge in [0.05, 0.1) is 5.69 Å². The molecule has 0 unspecified atom stereocenters. The fourth-order valence-corrected chi connectivity index (χ4v) is 0.986. The first-order valence-electron chi connectivity index (χ1n) is 2.83. The molecule has 1 heterocycles. The monoisotopic (exact) mass is 155 g/mol. The SMILES string of the molecule is Cc1cnc(SN)c(N)c1. The van der Waals surface area contributed by atoms with Gasteiger partial charge in [0.1, 0.15) is 5.03 Å². The van der Waals surface area contributed by atoms with Crippen molar-refractivity contribution < 1.29 is 0 Å². The Balaban J connectivity index is 3.07. The Morgan fingerprint density at radius 1 is 1.60 bits per heavy atom. The highest BCUT2D eigenvalue weighted by atomic mass is 32.2. The highest BCUT2D eigenvalue weighted by Gasteiger charge is 1.97. The fraction of sp³-hybridized carbons (Fsp3) is 0.167. The molecule has 0 amide bonds. The van der Waals surface area contributed by atoms with Crippen LogP contribution in [-0.2, 0) is 0 Å². The van der Waals surface area contributed by atoms with E-state index in [1.165, 1.54) is 0 Å². The summed E-state index contributed by atoms with van der Waals surface area (Å²) >= 11 is 1.07. The molecule has 1 aromatic rings. The van der Waals surface area contributed by atoms with Crippen LogP contribution in [0.1, 0.15) is 5.56 Å². The summed E-state index contributed by atoms with van der Waals surface area (Å²) in [4.78, 5) is 4.01. The van der Waals surface area contributed by atoms with Crippen LogP contribution < -0.4 is 10.9 Å². The molecule has 0 saturated carbocycles. The van der Waals surface area contributed by atoms with Gasteiger partial charge in [0.25, 0.3) is 0 Å². The van der Waals surface area contributed by atoms with Crippen molar-refractivity contribution in [3.63, 3.8) is 0 Å². The van der Waals surface area contributed by atoms with Crippen LogP contribution in [0.5, 0.6) is 0 Å². The summed E-state index contributed by atoms with van der Waals surface area (Å²) in [5.41, 5.74) is 7.27. The smallest absolute Gasteiger partial charge is 0.134 e. The Morgan fingerprint density at radius 3 is 2.80 bits per heavy atom. The number of nitrogens with zero attached hydrogens (tertiary/aromatic N) is 1. The predicted molar refractivity (Wildman–Crippen MR) is 43.4 cm³/mol. The fourth-order valence-electron chi connectivity index (χ4n) is 0.678. The number of hydrogen-bond donors (Lipinski definition) is 2. The summed E-state index contributed by atoms with van der Waals surface area (Å²) in [7, 11) is 0. The highest BCUT2D eigenvalue weighted by molar-refractivity contribution is 7.97. The number of pyridine rings is 1. The molecule has 3 nitrogen and oxygen atoms in total. The van der Waals surface area contributed by atoms with Crippen molar-refractivity contribution in [2.75, 3.05) is 5.73 Å². The third-order valence-corrected chi connectivity index (χ3v) is 1.69. The van der Waals surface area contributed by atoms with Crippen LogP contribution in [0.25, 0.3) is 0 Å². The van der Waals surface area contributed by atoms with Gasteiger partial charge in [0.15, 0.2) is 0 Å². The summed E-state index contributed by atoms with van der Waals surface area (Å²) in [5.74, 6) is 0.